The number of benzene rings is 2. The van der Waals surface area contributed by atoms with Crippen LogP contribution in [0.3, 0.4) is 0 Å². The molecule has 3 aromatic rings. The summed E-state index contributed by atoms with van der Waals surface area (Å²) < 4.78 is 1.13. The minimum atomic E-state index is 0. The van der Waals surface area contributed by atoms with E-state index in [2.05, 4.69) is 49.1 Å². The Balaban J connectivity index is 0.00000320. The van der Waals surface area contributed by atoms with E-state index in [-0.39, 0.29) is 18.3 Å². The third-order valence-electron chi connectivity index (χ3n) is 4.90. The van der Waals surface area contributed by atoms with Crippen LogP contribution in [-0.2, 0) is 4.79 Å². The predicted molar refractivity (Wildman–Crippen MR) is 133 cm³/mol. The molecule has 162 valence electrons. The lowest BCUT2D eigenvalue weighted by atomic mass is 10.3. The molecule has 0 bridgehead atoms. The highest BCUT2D eigenvalue weighted by atomic mass is 35.5. The van der Waals surface area contributed by atoms with Gasteiger partial charge in [-0.05, 0) is 49.5 Å². The average Bonchev–Trinajstić information content (AvgIpc) is 3.19. The molecule has 1 aromatic heterocycles. The molecule has 2 aromatic carbocycles. The first-order valence-electron chi connectivity index (χ1n) is 10.3. The molecule has 0 radical (unpaired) electrons. The smallest absolute Gasteiger partial charge is 0.228 e. The highest BCUT2D eigenvalue weighted by Crippen LogP contribution is 2.29. The summed E-state index contributed by atoms with van der Waals surface area (Å²) in [6.45, 7) is 7.86. The number of aromatic nitrogens is 1. The number of carbonyl (C=O) groups is 1. The van der Waals surface area contributed by atoms with Crippen molar-refractivity contribution in [3.63, 3.8) is 0 Å². The number of thioether (sulfide) groups is 1. The molecule has 0 saturated carbocycles. The number of anilines is 1. The van der Waals surface area contributed by atoms with Crippen molar-refractivity contribution in [2.24, 2.45) is 0 Å². The third-order valence-corrected chi connectivity index (χ3v) is 7.05. The topological polar surface area (TPSA) is 36.4 Å². The molecule has 0 spiro atoms. The molecular formula is C23H30ClN3OS2. The monoisotopic (exact) mass is 463 g/mol. The number of thiazole rings is 1. The van der Waals surface area contributed by atoms with Gasteiger partial charge in [0.2, 0.25) is 5.91 Å². The van der Waals surface area contributed by atoms with E-state index in [1.54, 1.807) is 11.3 Å². The number of para-hydroxylation sites is 1. The lowest BCUT2D eigenvalue weighted by Crippen LogP contribution is -2.38. The van der Waals surface area contributed by atoms with Crippen LogP contribution in [0.25, 0.3) is 10.2 Å². The van der Waals surface area contributed by atoms with Gasteiger partial charge in [-0.15, -0.1) is 24.2 Å². The predicted octanol–water partition coefficient (Wildman–Crippen LogP) is 5.97. The SMILES string of the molecule is CCN(CC)CCN(C(=O)CCCSc1ccccc1)c1nc2ccccc2s1.Cl. The van der Waals surface area contributed by atoms with Crippen molar-refractivity contribution in [3.8, 4) is 0 Å². The van der Waals surface area contributed by atoms with E-state index in [1.165, 1.54) is 4.90 Å². The van der Waals surface area contributed by atoms with Gasteiger partial charge in [0.1, 0.15) is 0 Å². The quantitative estimate of drug-likeness (QED) is 0.259. The number of hydrogen-bond acceptors (Lipinski definition) is 5. The molecule has 0 saturated heterocycles. The normalized spacial score (nSPS) is 10.9. The summed E-state index contributed by atoms with van der Waals surface area (Å²) in [5.41, 5.74) is 0.966. The van der Waals surface area contributed by atoms with Gasteiger partial charge in [0.15, 0.2) is 5.13 Å². The van der Waals surface area contributed by atoms with Gasteiger partial charge in [0, 0.05) is 24.4 Å². The Morgan fingerprint density at radius 1 is 1.00 bits per heavy atom. The van der Waals surface area contributed by atoms with Crippen LogP contribution in [0.15, 0.2) is 59.5 Å². The number of fused-ring (bicyclic) bond motifs is 1. The number of amides is 1. The third kappa shape index (κ3) is 6.98. The Morgan fingerprint density at radius 2 is 1.70 bits per heavy atom. The second-order valence-corrected chi connectivity index (χ2v) is 8.98. The maximum Gasteiger partial charge on any atom is 0.228 e. The zero-order valence-electron chi connectivity index (χ0n) is 17.6. The minimum Gasteiger partial charge on any atom is -0.302 e. The van der Waals surface area contributed by atoms with Crippen LogP contribution in [0.5, 0.6) is 0 Å². The van der Waals surface area contributed by atoms with E-state index in [1.807, 2.05) is 40.9 Å². The lowest BCUT2D eigenvalue weighted by molar-refractivity contribution is -0.118. The molecule has 1 heterocycles. The fourth-order valence-corrected chi connectivity index (χ4v) is 5.03. The summed E-state index contributed by atoms with van der Waals surface area (Å²) >= 11 is 3.41. The first-order chi connectivity index (χ1) is 14.2. The Labute approximate surface area is 194 Å². The van der Waals surface area contributed by atoms with E-state index in [0.717, 1.165) is 47.2 Å². The molecule has 30 heavy (non-hydrogen) atoms. The molecule has 0 atom stereocenters. The van der Waals surface area contributed by atoms with Crippen molar-refractivity contribution >= 4 is 56.8 Å². The van der Waals surface area contributed by atoms with Crippen LogP contribution >= 0.6 is 35.5 Å². The zero-order chi connectivity index (χ0) is 20.5. The van der Waals surface area contributed by atoms with Gasteiger partial charge in [0.25, 0.3) is 0 Å². The number of halogens is 1. The largest absolute Gasteiger partial charge is 0.302 e. The van der Waals surface area contributed by atoms with Crippen molar-refractivity contribution in [2.75, 3.05) is 36.8 Å². The molecule has 7 heteroatoms. The number of hydrogen-bond donors (Lipinski definition) is 0. The van der Waals surface area contributed by atoms with Crippen LogP contribution < -0.4 is 4.90 Å². The summed E-state index contributed by atoms with van der Waals surface area (Å²) in [6.07, 6.45) is 1.42. The maximum atomic E-state index is 13.1. The van der Waals surface area contributed by atoms with Gasteiger partial charge in [0.05, 0.1) is 10.2 Å². The molecule has 4 nitrogen and oxygen atoms in total. The number of likely N-dealkylation sites (N-methyl/N-ethyl adjacent to an activating group) is 1. The number of carbonyl (C=O) groups excluding carboxylic acids is 1. The Kier molecular flexibility index (Phi) is 10.6. The summed E-state index contributed by atoms with van der Waals surface area (Å²) in [6, 6.07) is 18.5. The van der Waals surface area contributed by atoms with Crippen molar-refractivity contribution in [2.45, 2.75) is 31.6 Å². The second-order valence-electron chi connectivity index (χ2n) is 6.80. The first-order valence-corrected chi connectivity index (χ1v) is 12.1. The van der Waals surface area contributed by atoms with Gasteiger partial charge in [-0.25, -0.2) is 4.98 Å². The van der Waals surface area contributed by atoms with Gasteiger partial charge < -0.3 is 4.90 Å². The number of rotatable bonds is 11. The van der Waals surface area contributed by atoms with Crippen LogP contribution in [-0.4, -0.2) is 47.7 Å². The number of nitrogens with zero attached hydrogens (tertiary/aromatic N) is 3. The summed E-state index contributed by atoms with van der Waals surface area (Å²) in [5.74, 6) is 1.12. The van der Waals surface area contributed by atoms with E-state index >= 15 is 0 Å². The molecule has 0 aliphatic heterocycles. The Morgan fingerprint density at radius 3 is 2.40 bits per heavy atom. The molecule has 1 amide bonds. The van der Waals surface area contributed by atoms with E-state index in [4.69, 9.17) is 4.98 Å². The van der Waals surface area contributed by atoms with E-state index in [9.17, 15) is 4.79 Å². The highest BCUT2D eigenvalue weighted by Gasteiger charge is 2.20. The fourth-order valence-electron chi connectivity index (χ4n) is 3.15. The molecule has 0 fully saturated rings. The minimum absolute atomic E-state index is 0. The maximum absolute atomic E-state index is 13.1. The van der Waals surface area contributed by atoms with Crippen LogP contribution in [0.4, 0.5) is 5.13 Å². The first kappa shape index (κ1) is 24.7. The van der Waals surface area contributed by atoms with Crippen LogP contribution in [0.2, 0.25) is 0 Å². The molecule has 0 aliphatic carbocycles. The zero-order valence-corrected chi connectivity index (χ0v) is 20.1. The molecule has 0 aliphatic rings. The van der Waals surface area contributed by atoms with Crippen LogP contribution in [0, 0.1) is 0 Å². The van der Waals surface area contributed by atoms with E-state index < -0.39 is 0 Å². The molecule has 0 N–H and O–H groups in total. The molecular weight excluding hydrogens is 434 g/mol. The van der Waals surface area contributed by atoms with Crippen molar-refractivity contribution in [1.29, 1.82) is 0 Å². The molecule has 3 rings (SSSR count). The standard InChI is InChI=1S/C23H29N3OS2.ClH/c1-3-25(4-2)16-17-26(23-24-20-13-8-9-14-21(20)29-23)22(27)15-10-18-28-19-11-6-5-7-12-19;/h5-9,11-14H,3-4,10,15-18H2,1-2H3;1H. The van der Waals surface area contributed by atoms with Gasteiger partial charge in [-0.2, -0.15) is 0 Å². The van der Waals surface area contributed by atoms with Crippen molar-refractivity contribution < 1.29 is 4.79 Å². The van der Waals surface area contributed by atoms with Gasteiger partial charge in [-0.3, -0.25) is 9.69 Å². The average molecular weight is 464 g/mol. The fraction of sp³-hybridized carbons (Fsp3) is 0.391. The Bertz CT molecular complexity index is 867. The summed E-state index contributed by atoms with van der Waals surface area (Å²) in [4.78, 5) is 23.3. The summed E-state index contributed by atoms with van der Waals surface area (Å²) in [7, 11) is 0. The lowest BCUT2D eigenvalue weighted by Gasteiger charge is -2.24. The van der Waals surface area contributed by atoms with Gasteiger partial charge in [-0.1, -0.05) is 55.5 Å². The van der Waals surface area contributed by atoms with Crippen molar-refractivity contribution in [3.05, 3.63) is 54.6 Å². The van der Waals surface area contributed by atoms with Crippen LogP contribution in [0.1, 0.15) is 26.7 Å². The second kappa shape index (κ2) is 13.0. The van der Waals surface area contributed by atoms with Gasteiger partial charge >= 0.3 is 0 Å². The Hall–Kier alpha value is -1.60. The van der Waals surface area contributed by atoms with E-state index in [0.29, 0.717) is 13.0 Å². The highest BCUT2D eigenvalue weighted by molar-refractivity contribution is 7.99. The summed E-state index contributed by atoms with van der Waals surface area (Å²) in [5, 5.41) is 0.819. The molecule has 0 unspecified atom stereocenters. The van der Waals surface area contributed by atoms with Crippen molar-refractivity contribution in [1.82, 2.24) is 9.88 Å².